The minimum atomic E-state index is -0.527. The smallest absolute Gasteiger partial charge is 0.410 e. The van der Waals surface area contributed by atoms with Crippen LogP contribution < -0.4 is 0 Å². The van der Waals surface area contributed by atoms with Gasteiger partial charge in [0.2, 0.25) is 0 Å². The highest BCUT2D eigenvalue weighted by molar-refractivity contribution is 5.95. The number of ether oxygens (including phenoxy) is 1. The summed E-state index contributed by atoms with van der Waals surface area (Å²) in [5.74, 6) is 0.153. The summed E-state index contributed by atoms with van der Waals surface area (Å²) in [5, 5.41) is 4.78. The molecule has 0 N–H and O–H groups in total. The van der Waals surface area contributed by atoms with Crippen LogP contribution in [0.25, 0.3) is 5.69 Å². The monoisotopic (exact) mass is 557 g/mol. The van der Waals surface area contributed by atoms with Gasteiger partial charge in [-0.1, -0.05) is 36.4 Å². The van der Waals surface area contributed by atoms with E-state index in [0.717, 1.165) is 43.9 Å². The molecule has 0 radical (unpaired) electrons. The van der Waals surface area contributed by atoms with Gasteiger partial charge >= 0.3 is 6.09 Å². The molecule has 2 amide bonds. The zero-order chi connectivity index (χ0) is 29.1. The van der Waals surface area contributed by atoms with E-state index < -0.39 is 5.60 Å². The molecule has 3 heterocycles. The average molecular weight is 558 g/mol. The normalized spacial score (nSPS) is 17.1. The first-order chi connectivity index (χ1) is 19.6. The van der Waals surface area contributed by atoms with Gasteiger partial charge in [0.25, 0.3) is 5.91 Å². The van der Waals surface area contributed by atoms with E-state index in [1.807, 2.05) is 36.4 Å². The van der Waals surface area contributed by atoms with E-state index in [1.54, 1.807) is 11.1 Å². The number of piperazine rings is 1. The van der Waals surface area contributed by atoms with Crippen molar-refractivity contribution in [3.05, 3.63) is 82.7 Å². The van der Waals surface area contributed by atoms with Crippen molar-refractivity contribution in [2.24, 2.45) is 0 Å². The number of piperidine rings is 1. The highest BCUT2D eigenvalue weighted by Crippen LogP contribution is 2.34. The van der Waals surface area contributed by atoms with Crippen LogP contribution in [0.2, 0.25) is 0 Å². The third kappa shape index (κ3) is 6.81. The number of nitrogens with zero attached hydrogens (tertiary/aromatic N) is 5. The summed E-state index contributed by atoms with van der Waals surface area (Å²) in [6.07, 6.45) is 2.98. The maximum absolute atomic E-state index is 14.0. The van der Waals surface area contributed by atoms with Gasteiger partial charge in [0.15, 0.2) is 0 Å². The molecule has 2 aliphatic heterocycles. The van der Waals surface area contributed by atoms with E-state index in [2.05, 4.69) is 61.2 Å². The number of carbonyl (C=O) groups excluding carboxylic acids is 2. The van der Waals surface area contributed by atoms with Gasteiger partial charge in [-0.25, -0.2) is 9.48 Å². The Morgan fingerprint density at radius 1 is 0.878 bits per heavy atom. The summed E-state index contributed by atoms with van der Waals surface area (Å²) in [5.41, 5.74) is 5.76. The third-order valence-corrected chi connectivity index (χ3v) is 8.21. The molecule has 0 saturated carbocycles. The Balaban J connectivity index is 1.35. The summed E-state index contributed by atoms with van der Waals surface area (Å²) in [7, 11) is 0. The fourth-order valence-corrected chi connectivity index (χ4v) is 5.76. The summed E-state index contributed by atoms with van der Waals surface area (Å²) in [6.45, 7) is 15.0. The Bertz CT molecular complexity index is 1360. The van der Waals surface area contributed by atoms with Crippen LogP contribution in [0.15, 0.2) is 54.7 Å². The summed E-state index contributed by atoms with van der Waals surface area (Å²) < 4.78 is 7.57. The lowest BCUT2D eigenvalue weighted by molar-refractivity contribution is 0.0202. The van der Waals surface area contributed by atoms with Gasteiger partial charge in [0.05, 0.1) is 23.1 Å². The lowest BCUT2D eigenvalue weighted by Gasteiger charge is -2.36. The average Bonchev–Trinajstić information content (AvgIpc) is 3.39. The Hall–Kier alpha value is -3.65. The topological polar surface area (TPSA) is 70.9 Å². The predicted molar refractivity (Wildman–Crippen MR) is 160 cm³/mol. The SMILES string of the molecule is Cc1ccc(-n2ncc(C(=O)N3CCN(Cc4ccccc4)CC3)c2C2CCN(C(=O)OC(C)(C)C)CC2)cc1C. The molecule has 5 rings (SSSR count). The van der Waals surface area contributed by atoms with Crippen LogP contribution in [0.4, 0.5) is 4.79 Å². The van der Waals surface area contributed by atoms with Crippen molar-refractivity contribution in [3.8, 4) is 5.69 Å². The van der Waals surface area contributed by atoms with Gasteiger partial charge in [-0.05, 0) is 76.3 Å². The van der Waals surface area contributed by atoms with Crippen molar-refractivity contribution in [2.75, 3.05) is 39.3 Å². The number of carbonyl (C=O) groups is 2. The van der Waals surface area contributed by atoms with Gasteiger partial charge in [0, 0.05) is 51.7 Å². The van der Waals surface area contributed by atoms with Crippen molar-refractivity contribution in [2.45, 2.75) is 65.5 Å². The van der Waals surface area contributed by atoms with Gasteiger partial charge in [-0.2, -0.15) is 5.10 Å². The van der Waals surface area contributed by atoms with Crippen LogP contribution >= 0.6 is 0 Å². The molecule has 1 aromatic heterocycles. The van der Waals surface area contributed by atoms with Crippen LogP contribution in [-0.4, -0.2) is 81.4 Å². The fraction of sp³-hybridized carbons (Fsp3) is 0.485. The quantitative estimate of drug-likeness (QED) is 0.411. The molecule has 8 heteroatoms. The minimum absolute atomic E-state index is 0.0454. The van der Waals surface area contributed by atoms with E-state index in [9.17, 15) is 9.59 Å². The van der Waals surface area contributed by atoms with Gasteiger partial charge in [0.1, 0.15) is 5.60 Å². The summed E-state index contributed by atoms with van der Waals surface area (Å²) in [6, 6.07) is 16.8. The maximum atomic E-state index is 14.0. The van der Waals surface area contributed by atoms with Crippen LogP contribution in [0, 0.1) is 13.8 Å². The van der Waals surface area contributed by atoms with Crippen molar-refractivity contribution in [3.63, 3.8) is 0 Å². The lowest BCUT2D eigenvalue weighted by Crippen LogP contribution is -2.48. The van der Waals surface area contributed by atoms with E-state index in [-0.39, 0.29) is 17.9 Å². The number of benzene rings is 2. The number of hydrogen-bond acceptors (Lipinski definition) is 5. The Kier molecular flexibility index (Phi) is 8.50. The molecule has 0 aliphatic carbocycles. The molecule has 2 fully saturated rings. The second-order valence-electron chi connectivity index (χ2n) is 12.4. The molecule has 0 spiro atoms. The van der Waals surface area contributed by atoms with Crippen molar-refractivity contribution in [1.82, 2.24) is 24.5 Å². The van der Waals surface area contributed by atoms with E-state index >= 15 is 0 Å². The number of likely N-dealkylation sites (tertiary alicyclic amines) is 1. The van der Waals surface area contributed by atoms with Crippen LogP contribution in [0.1, 0.15) is 72.3 Å². The second kappa shape index (κ2) is 12.1. The molecular weight excluding hydrogens is 514 g/mol. The van der Waals surface area contributed by atoms with E-state index in [0.29, 0.717) is 31.7 Å². The van der Waals surface area contributed by atoms with Crippen LogP contribution in [0.3, 0.4) is 0 Å². The third-order valence-electron chi connectivity index (χ3n) is 8.21. The standard InChI is InChI=1S/C33H43N5O3/c1-24-11-12-28(21-25(24)2)38-30(27-13-15-37(16-14-27)32(40)41-33(3,4)5)29(22-34-38)31(39)36-19-17-35(18-20-36)23-26-9-7-6-8-10-26/h6-12,21-22,27H,13-20,23H2,1-5H3. The molecule has 0 unspecified atom stereocenters. The van der Waals surface area contributed by atoms with Crippen molar-refractivity contribution < 1.29 is 14.3 Å². The first-order valence-electron chi connectivity index (χ1n) is 14.8. The molecule has 218 valence electrons. The predicted octanol–water partition coefficient (Wildman–Crippen LogP) is 5.56. The Morgan fingerprint density at radius 3 is 2.20 bits per heavy atom. The Labute approximate surface area is 243 Å². The van der Waals surface area contributed by atoms with Crippen LogP contribution in [-0.2, 0) is 11.3 Å². The molecule has 3 aromatic rings. The molecule has 0 atom stereocenters. The summed E-state index contributed by atoms with van der Waals surface area (Å²) >= 11 is 0. The van der Waals surface area contributed by atoms with Crippen LogP contribution in [0.5, 0.6) is 0 Å². The number of hydrogen-bond donors (Lipinski definition) is 0. The molecule has 2 aromatic carbocycles. The highest BCUT2D eigenvalue weighted by atomic mass is 16.6. The maximum Gasteiger partial charge on any atom is 0.410 e. The largest absolute Gasteiger partial charge is 0.444 e. The summed E-state index contributed by atoms with van der Waals surface area (Å²) in [4.78, 5) is 32.9. The number of amides is 2. The Morgan fingerprint density at radius 2 is 1.56 bits per heavy atom. The zero-order valence-electron chi connectivity index (χ0n) is 25.1. The number of rotatable bonds is 5. The first-order valence-corrected chi connectivity index (χ1v) is 14.8. The minimum Gasteiger partial charge on any atom is -0.444 e. The zero-order valence-corrected chi connectivity index (χ0v) is 25.1. The fourth-order valence-electron chi connectivity index (χ4n) is 5.76. The van der Waals surface area contributed by atoms with Crippen molar-refractivity contribution in [1.29, 1.82) is 0 Å². The second-order valence-corrected chi connectivity index (χ2v) is 12.4. The van der Waals surface area contributed by atoms with Gasteiger partial charge in [-0.15, -0.1) is 0 Å². The highest BCUT2D eigenvalue weighted by Gasteiger charge is 2.34. The molecule has 2 aliphatic rings. The molecule has 41 heavy (non-hydrogen) atoms. The van der Waals surface area contributed by atoms with E-state index in [1.165, 1.54) is 16.7 Å². The lowest BCUT2D eigenvalue weighted by atomic mass is 9.90. The van der Waals surface area contributed by atoms with Gasteiger partial charge < -0.3 is 14.5 Å². The van der Waals surface area contributed by atoms with Crippen molar-refractivity contribution >= 4 is 12.0 Å². The molecule has 8 nitrogen and oxygen atoms in total. The van der Waals surface area contributed by atoms with E-state index in [4.69, 9.17) is 9.84 Å². The molecule has 0 bridgehead atoms. The number of aryl methyl sites for hydroxylation is 2. The first kappa shape index (κ1) is 28.9. The molecular formula is C33H43N5O3. The molecule has 2 saturated heterocycles. The number of aromatic nitrogens is 2. The van der Waals surface area contributed by atoms with Gasteiger partial charge in [-0.3, -0.25) is 9.69 Å².